The van der Waals surface area contributed by atoms with Crippen LogP contribution < -0.4 is 5.32 Å². The quantitative estimate of drug-likeness (QED) is 0.828. The third kappa shape index (κ3) is 3.42. The summed E-state index contributed by atoms with van der Waals surface area (Å²) in [5.74, 6) is -0.281. The van der Waals surface area contributed by atoms with Crippen LogP contribution in [0.25, 0.3) is 0 Å². The zero-order valence-corrected chi connectivity index (χ0v) is 11.1. The van der Waals surface area contributed by atoms with E-state index in [0.29, 0.717) is 11.1 Å². The van der Waals surface area contributed by atoms with Gasteiger partial charge < -0.3 is 10.4 Å². The van der Waals surface area contributed by atoms with Crippen molar-refractivity contribution >= 4 is 5.91 Å². The maximum Gasteiger partial charge on any atom is 0.253 e. The zero-order valence-electron chi connectivity index (χ0n) is 11.1. The molecular formula is C16H17NO2. The van der Waals surface area contributed by atoms with Crippen LogP contribution in [0.15, 0.2) is 48.5 Å². The molecule has 0 fully saturated rings. The molecule has 2 rings (SSSR count). The molecule has 0 aromatic heterocycles. The first-order valence-corrected chi connectivity index (χ1v) is 6.18. The van der Waals surface area contributed by atoms with Crippen LogP contribution in [0, 0.1) is 13.8 Å². The van der Waals surface area contributed by atoms with E-state index in [1.54, 1.807) is 24.3 Å². The van der Waals surface area contributed by atoms with Crippen molar-refractivity contribution < 1.29 is 9.90 Å². The van der Waals surface area contributed by atoms with Crippen molar-refractivity contribution in [3.8, 4) is 0 Å². The van der Waals surface area contributed by atoms with Crippen LogP contribution in [-0.2, 0) is 0 Å². The van der Waals surface area contributed by atoms with Crippen molar-refractivity contribution in [3.05, 3.63) is 70.8 Å². The Labute approximate surface area is 112 Å². The van der Waals surface area contributed by atoms with Crippen molar-refractivity contribution in [2.75, 3.05) is 0 Å². The van der Waals surface area contributed by atoms with Gasteiger partial charge in [0.25, 0.3) is 5.91 Å². The summed E-state index contributed by atoms with van der Waals surface area (Å²) in [5.41, 5.74) is 3.34. The second-order valence-electron chi connectivity index (χ2n) is 4.66. The molecule has 0 bridgehead atoms. The van der Waals surface area contributed by atoms with E-state index in [-0.39, 0.29) is 5.91 Å². The number of rotatable bonds is 3. The molecule has 1 unspecified atom stereocenters. The molecule has 0 heterocycles. The first kappa shape index (κ1) is 13.3. The number of aryl methyl sites for hydroxylation is 2. The lowest BCUT2D eigenvalue weighted by atomic mass is 10.1. The van der Waals surface area contributed by atoms with E-state index in [9.17, 15) is 9.90 Å². The second kappa shape index (κ2) is 5.67. The summed E-state index contributed by atoms with van der Waals surface area (Å²) >= 11 is 0. The minimum absolute atomic E-state index is 0.281. The first-order valence-electron chi connectivity index (χ1n) is 6.18. The molecule has 19 heavy (non-hydrogen) atoms. The molecule has 1 amide bonds. The van der Waals surface area contributed by atoms with Crippen LogP contribution >= 0.6 is 0 Å². The number of carbonyl (C=O) groups excluding carboxylic acids is 1. The molecule has 0 aliphatic rings. The lowest BCUT2D eigenvalue weighted by Gasteiger charge is -2.13. The van der Waals surface area contributed by atoms with Crippen molar-refractivity contribution in [2.45, 2.75) is 20.1 Å². The van der Waals surface area contributed by atoms with Crippen LogP contribution in [-0.4, -0.2) is 11.0 Å². The Bertz CT molecular complexity index is 576. The number of carbonyl (C=O) groups is 1. The Morgan fingerprint density at radius 2 is 1.74 bits per heavy atom. The number of aliphatic hydroxyl groups excluding tert-OH is 1. The van der Waals surface area contributed by atoms with Crippen LogP contribution in [0.1, 0.15) is 33.3 Å². The molecule has 2 aromatic rings. The van der Waals surface area contributed by atoms with Crippen LogP contribution in [0.5, 0.6) is 0 Å². The molecule has 0 saturated carbocycles. The van der Waals surface area contributed by atoms with Gasteiger partial charge in [0, 0.05) is 11.1 Å². The standard InChI is InChI=1S/C16H17NO2/c1-11-6-8-13(9-7-11)15(18)17-16(19)14-5-3-4-12(2)10-14/h3-10,15,18H,1-2H3,(H,17,19). The van der Waals surface area contributed by atoms with Crippen molar-refractivity contribution in [1.29, 1.82) is 0 Å². The second-order valence-corrected chi connectivity index (χ2v) is 4.66. The highest BCUT2D eigenvalue weighted by Gasteiger charge is 2.12. The number of benzene rings is 2. The van der Waals surface area contributed by atoms with Crippen LogP contribution in [0.2, 0.25) is 0 Å². The van der Waals surface area contributed by atoms with Crippen LogP contribution in [0.3, 0.4) is 0 Å². The maximum absolute atomic E-state index is 12.0. The maximum atomic E-state index is 12.0. The van der Waals surface area contributed by atoms with Gasteiger partial charge >= 0.3 is 0 Å². The highest BCUT2D eigenvalue weighted by atomic mass is 16.3. The SMILES string of the molecule is Cc1ccc(C(O)NC(=O)c2cccc(C)c2)cc1. The van der Waals surface area contributed by atoms with Gasteiger partial charge in [0.1, 0.15) is 0 Å². The Morgan fingerprint density at radius 3 is 2.37 bits per heavy atom. The molecule has 0 spiro atoms. The van der Waals surface area contributed by atoms with E-state index in [0.717, 1.165) is 11.1 Å². The van der Waals surface area contributed by atoms with Gasteiger partial charge in [-0.15, -0.1) is 0 Å². The largest absolute Gasteiger partial charge is 0.369 e. The fraction of sp³-hybridized carbons (Fsp3) is 0.188. The fourth-order valence-corrected chi connectivity index (χ4v) is 1.83. The average Bonchev–Trinajstić information content (AvgIpc) is 2.39. The minimum Gasteiger partial charge on any atom is -0.369 e. The smallest absolute Gasteiger partial charge is 0.253 e. The van der Waals surface area contributed by atoms with Gasteiger partial charge in [-0.3, -0.25) is 4.79 Å². The Kier molecular flexibility index (Phi) is 3.97. The molecule has 98 valence electrons. The number of hydrogen-bond donors (Lipinski definition) is 2. The van der Waals surface area contributed by atoms with E-state index >= 15 is 0 Å². The van der Waals surface area contributed by atoms with Gasteiger partial charge in [-0.2, -0.15) is 0 Å². The van der Waals surface area contributed by atoms with Crippen LogP contribution in [0.4, 0.5) is 0 Å². The van der Waals surface area contributed by atoms with E-state index in [1.165, 1.54) is 0 Å². The van der Waals surface area contributed by atoms with Gasteiger partial charge in [-0.05, 0) is 26.0 Å². The summed E-state index contributed by atoms with van der Waals surface area (Å²) in [6.07, 6.45) is -0.992. The molecular weight excluding hydrogens is 238 g/mol. The number of amides is 1. The minimum atomic E-state index is -0.992. The zero-order chi connectivity index (χ0) is 13.8. The summed E-state index contributed by atoms with van der Waals surface area (Å²) < 4.78 is 0. The van der Waals surface area contributed by atoms with Crippen molar-refractivity contribution in [2.24, 2.45) is 0 Å². The van der Waals surface area contributed by atoms with Crippen molar-refractivity contribution in [3.63, 3.8) is 0 Å². The highest BCUT2D eigenvalue weighted by molar-refractivity contribution is 5.94. The summed E-state index contributed by atoms with van der Waals surface area (Å²) in [5, 5.41) is 12.6. The van der Waals surface area contributed by atoms with Gasteiger partial charge in [-0.25, -0.2) is 0 Å². The highest BCUT2D eigenvalue weighted by Crippen LogP contribution is 2.12. The number of aliphatic hydroxyl groups is 1. The third-order valence-electron chi connectivity index (χ3n) is 2.94. The predicted molar refractivity (Wildman–Crippen MR) is 74.8 cm³/mol. The summed E-state index contributed by atoms with van der Waals surface area (Å²) in [7, 11) is 0. The number of nitrogens with one attached hydrogen (secondary N) is 1. The van der Waals surface area contributed by atoms with Gasteiger partial charge in [0.05, 0.1) is 0 Å². The fourth-order valence-electron chi connectivity index (χ4n) is 1.83. The molecule has 3 nitrogen and oxygen atoms in total. The topological polar surface area (TPSA) is 49.3 Å². The van der Waals surface area contributed by atoms with Gasteiger partial charge in [0.15, 0.2) is 6.23 Å². The van der Waals surface area contributed by atoms with E-state index in [4.69, 9.17) is 0 Å². The average molecular weight is 255 g/mol. The Hall–Kier alpha value is -2.13. The van der Waals surface area contributed by atoms with E-state index in [1.807, 2.05) is 38.1 Å². The molecule has 2 aromatic carbocycles. The summed E-state index contributed by atoms with van der Waals surface area (Å²) in [4.78, 5) is 12.0. The van der Waals surface area contributed by atoms with E-state index in [2.05, 4.69) is 5.32 Å². The van der Waals surface area contributed by atoms with Crippen molar-refractivity contribution in [1.82, 2.24) is 5.32 Å². The van der Waals surface area contributed by atoms with Gasteiger partial charge in [-0.1, -0.05) is 47.5 Å². The predicted octanol–water partition coefficient (Wildman–Crippen LogP) is 2.72. The Balaban J connectivity index is 2.08. The first-order chi connectivity index (χ1) is 9.06. The molecule has 0 radical (unpaired) electrons. The van der Waals surface area contributed by atoms with Gasteiger partial charge in [0.2, 0.25) is 0 Å². The Morgan fingerprint density at radius 1 is 1.05 bits per heavy atom. The normalized spacial score (nSPS) is 11.9. The molecule has 0 aliphatic heterocycles. The monoisotopic (exact) mass is 255 g/mol. The number of hydrogen-bond acceptors (Lipinski definition) is 2. The molecule has 1 atom stereocenters. The van der Waals surface area contributed by atoms with E-state index < -0.39 is 6.23 Å². The summed E-state index contributed by atoms with van der Waals surface area (Å²) in [6, 6.07) is 14.7. The molecule has 0 saturated heterocycles. The lowest BCUT2D eigenvalue weighted by Crippen LogP contribution is -2.28. The lowest BCUT2D eigenvalue weighted by molar-refractivity contribution is 0.0783. The third-order valence-corrected chi connectivity index (χ3v) is 2.94. The molecule has 3 heteroatoms. The molecule has 0 aliphatic carbocycles. The molecule has 2 N–H and O–H groups in total. The summed E-state index contributed by atoms with van der Waals surface area (Å²) in [6.45, 7) is 3.90.